The van der Waals surface area contributed by atoms with Gasteiger partial charge in [0.25, 0.3) is 15.2 Å². The Hall–Kier alpha value is -2.44. The quantitative estimate of drug-likeness (QED) is 0.244. The lowest BCUT2D eigenvalue weighted by Gasteiger charge is -2.14. The summed E-state index contributed by atoms with van der Waals surface area (Å²) in [5.74, 6) is 0.0329. The highest BCUT2D eigenvalue weighted by Gasteiger charge is 2.32. The Morgan fingerprint density at radius 2 is 1.68 bits per heavy atom. The van der Waals surface area contributed by atoms with Crippen molar-refractivity contribution in [3.63, 3.8) is 0 Å². The van der Waals surface area contributed by atoms with E-state index >= 15 is 0 Å². The summed E-state index contributed by atoms with van der Waals surface area (Å²) in [5.41, 5.74) is 4.51. The minimum absolute atomic E-state index is 0.0329. The van der Waals surface area contributed by atoms with Crippen molar-refractivity contribution in [3.8, 4) is 10.9 Å². The largest absolute Gasteiger partial charge is 0.428 e. The fourth-order valence-corrected chi connectivity index (χ4v) is 5.72. The second-order valence-corrected chi connectivity index (χ2v) is 10.7. The van der Waals surface area contributed by atoms with Gasteiger partial charge in [0, 0.05) is 5.02 Å². The number of ether oxygens (including phenoxy) is 1. The molecule has 34 heavy (non-hydrogen) atoms. The van der Waals surface area contributed by atoms with Crippen LogP contribution >= 0.6 is 46.1 Å². The minimum Gasteiger partial charge on any atom is -0.428 e. The monoisotopic (exact) mass is 567 g/mol. The van der Waals surface area contributed by atoms with Crippen LogP contribution in [-0.4, -0.2) is 13.4 Å². The number of nitrogens with two attached hydrogens (primary N) is 1. The van der Waals surface area contributed by atoms with Gasteiger partial charge >= 0.3 is 6.18 Å². The Balaban J connectivity index is 1.60. The molecular formula is C20H11Cl3F3N3O3S2. The second-order valence-electron chi connectivity index (χ2n) is 6.82. The van der Waals surface area contributed by atoms with Crippen molar-refractivity contribution in [1.29, 1.82) is 0 Å². The van der Waals surface area contributed by atoms with E-state index < -0.39 is 32.3 Å². The molecule has 0 atom stereocenters. The van der Waals surface area contributed by atoms with Gasteiger partial charge in [0.2, 0.25) is 0 Å². The third-order valence-corrected chi connectivity index (χ3v) is 7.55. The predicted molar refractivity (Wildman–Crippen MR) is 128 cm³/mol. The molecule has 0 bridgehead atoms. The third-order valence-electron chi connectivity index (χ3n) is 4.40. The molecule has 4 rings (SSSR count). The molecule has 0 aliphatic rings. The van der Waals surface area contributed by atoms with Crippen LogP contribution < -0.4 is 15.2 Å². The number of hydrogen-bond acceptors (Lipinski definition) is 6. The predicted octanol–water partition coefficient (Wildman–Crippen LogP) is 7.45. The average Bonchev–Trinajstić information content (AvgIpc) is 3.11. The van der Waals surface area contributed by atoms with E-state index in [1.165, 1.54) is 23.5 Å². The first kappa shape index (κ1) is 24.7. The van der Waals surface area contributed by atoms with Crippen molar-refractivity contribution in [2.45, 2.75) is 11.1 Å². The lowest BCUT2D eigenvalue weighted by atomic mass is 10.2. The molecule has 0 unspecified atom stereocenters. The highest BCUT2D eigenvalue weighted by atomic mass is 35.5. The standard InChI is InChI=1S/C20H11Cl3F3N3O3S2/c21-10-2-3-15-16(6-10)33-19(28-15)32-18-12(22)7-11(8-13(18)23)29-34(30,31)17-4-1-9(5-14(17)27)20(24,25)26/h1-8,29H,27H2. The number of nitrogen functional groups attached to an aromatic ring is 1. The summed E-state index contributed by atoms with van der Waals surface area (Å²) in [6.07, 6.45) is -4.67. The topological polar surface area (TPSA) is 94.3 Å². The van der Waals surface area contributed by atoms with Gasteiger partial charge in [-0.2, -0.15) is 13.2 Å². The first-order chi connectivity index (χ1) is 15.8. The lowest BCUT2D eigenvalue weighted by Crippen LogP contribution is -2.16. The molecule has 3 N–H and O–H groups in total. The molecule has 0 saturated heterocycles. The van der Waals surface area contributed by atoms with Crippen molar-refractivity contribution in [1.82, 2.24) is 4.98 Å². The van der Waals surface area contributed by atoms with Crippen LogP contribution in [0.15, 0.2) is 53.4 Å². The number of halogens is 6. The molecule has 178 valence electrons. The van der Waals surface area contributed by atoms with Gasteiger partial charge in [-0.15, -0.1) is 0 Å². The average molecular weight is 569 g/mol. The Bertz CT molecular complexity index is 1500. The number of alkyl halides is 3. The second kappa shape index (κ2) is 8.97. The maximum Gasteiger partial charge on any atom is 0.416 e. The number of anilines is 2. The van der Waals surface area contributed by atoms with Gasteiger partial charge in [-0.3, -0.25) is 4.72 Å². The number of rotatable bonds is 5. The summed E-state index contributed by atoms with van der Waals surface area (Å²) < 4.78 is 72.6. The molecule has 3 aromatic carbocycles. The number of benzene rings is 3. The number of nitrogens with zero attached hydrogens (tertiary/aromatic N) is 1. The minimum atomic E-state index is -4.67. The summed E-state index contributed by atoms with van der Waals surface area (Å²) in [5, 5.41) is 0.682. The van der Waals surface area contributed by atoms with Gasteiger partial charge in [0.1, 0.15) is 4.90 Å². The van der Waals surface area contributed by atoms with Crippen LogP contribution in [0.25, 0.3) is 10.2 Å². The van der Waals surface area contributed by atoms with Crippen LogP contribution in [-0.2, 0) is 16.2 Å². The summed E-state index contributed by atoms with van der Waals surface area (Å²) in [4.78, 5) is 3.76. The maximum atomic E-state index is 12.8. The number of hydrogen-bond donors (Lipinski definition) is 2. The van der Waals surface area contributed by atoms with Crippen molar-refractivity contribution in [2.75, 3.05) is 10.5 Å². The van der Waals surface area contributed by atoms with Crippen molar-refractivity contribution < 1.29 is 26.3 Å². The normalized spacial score (nSPS) is 12.2. The molecule has 0 spiro atoms. The van der Waals surface area contributed by atoms with Gasteiger partial charge in [0.05, 0.1) is 37.2 Å². The van der Waals surface area contributed by atoms with E-state index in [9.17, 15) is 21.6 Å². The summed E-state index contributed by atoms with van der Waals surface area (Å²) >= 11 is 19.7. The molecule has 1 heterocycles. The molecule has 0 aliphatic carbocycles. The Morgan fingerprint density at radius 1 is 1.00 bits per heavy atom. The molecule has 0 radical (unpaired) electrons. The van der Waals surface area contributed by atoms with E-state index in [-0.39, 0.29) is 26.7 Å². The molecule has 0 fully saturated rings. The van der Waals surface area contributed by atoms with Crippen LogP contribution in [0.1, 0.15) is 5.56 Å². The van der Waals surface area contributed by atoms with Gasteiger partial charge in [-0.1, -0.05) is 46.1 Å². The zero-order valence-electron chi connectivity index (χ0n) is 16.5. The third kappa shape index (κ3) is 5.13. The maximum absolute atomic E-state index is 12.8. The Kier molecular flexibility index (Phi) is 6.51. The van der Waals surface area contributed by atoms with E-state index in [1.54, 1.807) is 18.2 Å². The van der Waals surface area contributed by atoms with E-state index in [0.29, 0.717) is 22.7 Å². The lowest BCUT2D eigenvalue weighted by molar-refractivity contribution is -0.137. The number of fused-ring (bicyclic) bond motifs is 1. The first-order valence-corrected chi connectivity index (χ1v) is 12.5. The van der Waals surface area contributed by atoms with Crippen LogP contribution in [0, 0.1) is 0 Å². The molecule has 14 heteroatoms. The molecule has 0 saturated carbocycles. The number of sulfonamides is 1. The Labute approximate surface area is 210 Å². The molecular weight excluding hydrogens is 558 g/mol. The summed E-state index contributed by atoms with van der Waals surface area (Å²) in [6.45, 7) is 0. The number of thiazole rings is 1. The van der Waals surface area contributed by atoms with Crippen molar-refractivity contribution in [2.24, 2.45) is 0 Å². The molecule has 0 aliphatic heterocycles. The van der Waals surface area contributed by atoms with Gasteiger partial charge in [0.15, 0.2) is 5.75 Å². The first-order valence-electron chi connectivity index (χ1n) is 9.06. The number of nitrogens with one attached hydrogen (secondary N) is 1. The van der Waals surface area contributed by atoms with Gasteiger partial charge in [-0.25, -0.2) is 13.4 Å². The van der Waals surface area contributed by atoms with Gasteiger partial charge in [-0.05, 0) is 48.5 Å². The zero-order valence-corrected chi connectivity index (χ0v) is 20.4. The van der Waals surface area contributed by atoms with E-state index in [0.717, 1.165) is 10.8 Å². The van der Waals surface area contributed by atoms with Crippen molar-refractivity contribution in [3.05, 3.63) is 69.2 Å². The summed E-state index contributed by atoms with van der Waals surface area (Å²) in [7, 11) is -4.36. The Morgan fingerprint density at radius 3 is 2.29 bits per heavy atom. The highest BCUT2D eigenvalue weighted by Crippen LogP contribution is 2.42. The zero-order chi connectivity index (χ0) is 24.8. The van der Waals surface area contributed by atoms with Gasteiger partial charge < -0.3 is 10.5 Å². The fourth-order valence-electron chi connectivity index (χ4n) is 2.90. The van der Waals surface area contributed by atoms with Crippen LogP contribution in [0.4, 0.5) is 24.5 Å². The van der Waals surface area contributed by atoms with E-state index in [2.05, 4.69) is 9.71 Å². The fraction of sp³-hybridized carbons (Fsp3) is 0.0500. The molecule has 6 nitrogen and oxygen atoms in total. The molecule has 0 amide bonds. The molecule has 1 aromatic heterocycles. The SMILES string of the molecule is Nc1cc(C(F)(F)F)ccc1S(=O)(=O)Nc1cc(Cl)c(Oc2nc3ccc(Cl)cc3s2)c(Cl)c1. The molecule has 4 aromatic rings. The highest BCUT2D eigenvalue weighted by molar-refractivity contribution is 7.92. The number of aromatic nitrogens is 1. The van der Waals surface area contributed by atoms with Crippen LogP contribution in [0.3, 0.4) is 0 Å². The van der Waals surface area contributed by atoms with Crippen LogP contribution in [0.2, 0.25) is 15.1 Å². The van der Waals surface area contributed by atoms with Crippen LogP contribution in [0.5, 0.6) is 10.9 Å². The summed E-state index contributed by atoms with van der Waals surface area (Å²) in [6, 6.07) is 9.49. The van der Waals surface area contributed by atoms with E-state index in [1.807, 2.05) is 0 Å². The van der Waals surface area contributed by atoms with E-state index in [4.69, 9.17) is 45.3 Å². The smallest absolute Gasteiger partial charge is 0.416 e. The van der Waals surface area contributed by atoms with Crippen molar-refractivity contribution >= 4 is 77.8 Å².